The van der Waals surface area contributed by atoms with Gasteiger partial charge in [-0.1, -0.05) is 90.2 Å². The van der Waals surface area contributed by atoms with Crippen LogP contribution in [-0.2, 0) is 4.79 Å². The lowest BCUT2D eigenvalue weighted by atomic mass is 10.1. The van der Waals surface area contributed by atoms with Crippen LogP contribution in [0.2, 0.25) is 0 Å². The Morgan fingerprint density at radius 2 is 1.38 bits per heavy atom. The molecule has 1 aromatic rings. The van der Waals surface area contributed by atoms with Gasteiger partial charge in [-0.2, -0.15) is 0 Å². The molecule has 0 fully saturated rings. The second kappa shape index (κ2) is 16.0. The Hall–Kier alpha value is -1.84. The lowest BCUT2D eigenvalue weighted by Gasteiger charge is -2.14. The highest BCUT2D eigenvalue weighted by Crippen LogP contribution is 2.17. The summed E-state index contributed by atoms with van der Waals surface area (Å²) in [6.07, 6.45) is 15.3. The van der Waals surface area contributed by atoms with Crippen LogP contribution in [-0.4, -0.2) is 17.9 Å². The summed E-state index contributed by atoms with van der Waals surface area (Å²) in [6.45, 7) is 6.27. The fourth-order valence-electron chi connectivity index (χ4n) is 3.36. The zero-order chi connectivity index (χ0) is 21.3. The first-order valence-corrected chi connectivity index (χ1v) is 11.8. The maximum absolute atomic E-state index is 12.4. The van der Waals surface area contributed by atoms with E-state index in [4.69, 9.17) is 0 Å². The molecular weight excluding hydrogens is 360 g/mol. The third-order valence-corrected chi connectivity index (χ3v) is 5.44. The summed E-state index contributed by atoms with van der Waals surface area (Å²) in [5.41, 5.74) is 1.13. The number of para-hydroxylation sites is 1. The summed E-state index contributed by atoms with van der Waals surface area (Å²) in [6, 6.07) is 7.34. The Morgan fingerprint density at radius 3 is 1.97 bits per heavy atom. The lowest BCUT2D eigenvalue weighted by Crippen LogP contribution is -2.32. The van der Waals surface area contributed by atoms with E-state index in [0.717, 1.165) is 19.3 Å². The van der Waals surface area contributed by atoms with Crippen molar-refractivity contribution in [1.82, 2.24) is 5.32 Å². The van der Waals surface area contributed by atoms with Crippen molar-refractivity contribution in [3.8, 4) is 0 Å². The molecule has 1 aromatic carbocycles. The van der Waals surface area contributed by atoms with Crippen LogP contribution in [0.4, 0.5) is 5.69 Å². The number of amides is 2. The van der Waals surface area contributed by atoms with Crippen LogP contribution in [0.1, 0.15) is 115 Å². The molecule has 0 spiro atoms. The van der Waals surface area contributed by atoms with Crippen LogP contribution < -0.4 is 10.6 Å². The highest BCUT2D eigenvalue weighted by Gasteiger charge is 2.14. The fraction of sp³-hybridized carbons (Fsp3) is 0.680. The minimum absolute atomic E-state index is 0.00952. The first-order valence-electron chi connectivity index (χ1n) is 11.8. The summed E-state index contributed by atoms with van der Waals surface area (Å²) < 4.78 is 0. The molecule has 0 heterocycles. The van der Waals surface area contributed by atoms with Gasteiger partial charge in [-0.25, -0.2) is 0 Å². The average molecular weight is 403 g/mol. The van der Waals surface area contributed by atoms with Crippen molar-refractivity contribution >= 4 is 17.5 Å². The summed E-state index contributed by atoms with van der Waals surface area (Å²) in [5, 5.41) is 5.88. The van der Waals surface area contributed by atoms with Crippen molar-refractivity contribution in [2.24, 2.45) is 0 Å². The normalized spacial score (nSPS) is 11.8. The molecule has 2 N–H and O–H groups in total. The summed E-state index contributed by atoms with van der Waals surface area (Å²) in [5.74, 6) is -0.144. The van der Waals surface area contributed by atoms with Gasteiger partial charge >= 0.3 is 0 Å². The highest BCUT2D eigenvalue weighted by molar-refractivity contribution is 6.03. The standard InChI is InChI=1S/C25H42N2O2/c1-4-6-7-8-9-10-11-12-13-14-15-20-24(28)27-23-19-17-16-18-22(23)25(29)26-21(3)5-2/h16-19,21H,4-15,20H2,1-3H3,(H,26,29)(H,27,28). The minimum Gasteiger partial charge on any atom is -0.350 e. The van der Waals surface area contributed by atoms with E-state index < -0.39 is 0 Å². The molecule has 29 heavy (non-hydrogen) atoms. The number of anilines is 1. The van der Waals surface area contributed by atoms with Crippen molar-refractivity contribution in [1.29, 1.82) is 0 Å². The van der Waals surface area contributed by atoms with Crippen molar-refractivity contribution in [2.45, 2.75) is 110 Å². The zero-order valence-electron chi connectivity index (χ0n) is 18.9. The van der Waals surface area contributed by atoms with Gasteiger partial charge in [-0.05, 0) is 31.9 Å². The van der Waals surface area contributed by atoms with Crippen LogP contribution in [0.3, 0.4) is 0 Å². The number of hydrogen-bond acceptors (Lipinski definition) is 2. The van der Waals surface area contributed by atoms with Gasteiger partial charge in [-0.15, -0.1) is 0 Å². The maximum atomic E-state index is 12.4. The zero-order valence-corrected chi connectivity index (χ0v) is 18.9. The molecule has 0 aromatic heterocycles. The Kier molecular flexibility index (Phi) is 13.9. The highest BCUT2D eigenvalue weighted by atomic mass is 16.2. The van der Waals surface area contributed by atoms with Gasteiger partial charge in [0, 0.05) is 12.5 Å². The molecule has 4 nitrogen and oxygen atoms in total. The van der Waals surface area contributed by atoms with E-state index in [0.29, 0.717) is 17.7 Å². The van der Waals surface area contributed by atoms with Crippen molar-refractivity contribution < 1.29 is 9.59 Å². The summed E-state index contributed by atoms with van der Waals surface area (Å²) >= 11 is 0. The minimum atomic E-state index is -0.134. The Labute approximate surface area is 178 Å². The van der Waals surface area contributed by atoms with Crippen molar-refractivity contribution in [3.63, 3.8) is 0 Å². The predicted octanol–water partition coefficient (Wildman–Crippen LogP) is 6.85. The first kappa shape index (κ1) is 25.2. The molecule has 1 rings (SSSR count). The maximum Gasteiger partial charge on any atom is 0.253 e. The van der Waals surface area contributed by atoms with Gasteiger partial charge in [0.25, 0.3) is 5.91 Å². The third-order valence-electron chi connectivity index (χ3n) is 5.44. The molecule has 164 valence electrons. The van der Waals surface area contributed by atoms with Crippen molar-refractivity contribution in [3.05, 3.63) is 29.8 Å². The molecule has 0 aliphatic heterocycles. The average Bonchev–Trinajstić information content (AvgIpc) is 2.72. The summed E-state index contributed by atoms with van der Waals surface area (Å²) in [7, 11) is 0. The molecule has 0 aliphatic rings. The number of rotatable bonds is 16. The smallest absolute Gasteiger partial charge is 0.253 e. The van der Waals surface area contributed by atoms with Gasteiger partial charge in [0.2, 0.25) is 5.91 Å². The van der Waals surface area contributed by atoms with Gasteiger partial charge < -0.3 is 10.6 Å². The monoisotopic (exact) mass is 402 g/mol. The number of benzene rings is 1. The molecule has 1 atom stereocenters. The molecule has 1 unspecified atom stereocenters. The second-order valence-corrected chi connectivity index (χ2v) is 8.16. The van der Waals surface area contributed by atoms with E-state index in [1.807, 2.05) is 26.0 Å². The van der Waals surface area contributed by atoms with E-state index in [9.17, 15) is 9.59 Å². The van der Waals surface area contributed by atoms with E-state index >= 15 is 0 Å². The van der Waals surface area contributed by atoms with E-state index in [-0.39, 0.29) is 17.9 Å². The molecule has 0 radical (unpaired) electrons. The topological polar surface area (TPSA) is 58.2 Å². The van der Waals surface area contributed by atoms with Gasteiger partial charge in [0.1, 0.15) is 0 Å². The second-order valence-electron chi connectivity index (χ2n) is 8.16. The quantitative estimate of drug-likeness (QED) is 0.297. The molecule has 0 saturated heterocycles. The third kappa shape index (κ3) is 11.7. The molecular formula is C25H42N2O2. The number of hydrogen-bond donors (Lipinski definition) is 2. The van der Waals surface area contributed by atoms with Crippen LogP contribution in [0.5, 0.6) is 0 Å². The molecule has 4 heteroatoms. The molecule has 2 amide bonds. The Balaban J connectivity index is 2.21. The van der Waals surface area contributed by atoms with E-state index in [2.05, 4.69) is 17.6 Å². The first-order chi connectivity index (χ1) is 14.1. The van der Waals surface area contributed by atoms with Crippen LogP contribution >= 0.6 is 0 Å². The Morgan fingerprint density at radius 1 is 0.828 bits per heavy atom. The van der Waals surface area contributed by atoms with Gasteiger partial charge in [-0.3, -0.25) is 9.59 Å². The fourth-order valence-corrected chi connectivity index (χ4v) is 3.36. The lowest BCUT2D eigenvalue weighted by molar-refractivity contribution is -0.116. The largest absolute Gasteiger partial charge is 0.350 e. The predicted molar refractivity (Wildman–Crippen MR) is 123 cm³/mol. The van der Waals surface area contributed by atoms with Crippen molar-refractivity contribution in [2.75, 3.05) is 5.32 Å². The van der Waals surface area contributed by atoms with Crippen LogP contribution in [0.25, 0.3) is 0 Å². The number of carbonyl (C=O) groups excluding carboxylic acids is 2. The number of nitrogens with one attached hydrogen (secondary N) is 2. The number of carbonyl (C=O) groups is 2. The SMILES string of the molecule is CCCCCCCCCCCCCC(=O)Nc1ccccc1C(=O)NC(C)CC. The number of unbranched alkanes of at least 4 members (excludes halogenated alkanes) is 10. The van der Waals surface area contributed by atoms with Gasteiger partial charge in [0.05, 0.1) is 11.3 Å². The van der Waals surface area contributed by atoms with E-state index in [1.54, 1.807) is 12.1 Å². The summed E-state index contributed by atoms with van der Waals surface area (Å²) in [4.78, 5) is 24.7. The van der Waals surface area contributed by atoms with Gasteiger partial charge in [0.15, 0.2) is 0 Å². The van der Waals surface area contributed by atoms with Crippen LogP contribution in [0, 0.1) is 0 Å². The molecule has 0 bridgehead atoms. The van der Waals surface area contributed by atoms with Crippen LogP contribution in [0.15, 0.2) is 24.3 Å². The van der Waals surface area contributed by atoms with E-state index in [1.165, 1.54) is 57.8 Å². The Bertz CT molecular complexity index is 586. The molecule has 0 saturated carbocycles. The molecule has 0 aliphatic carbocycles.